The van der Waals surface area contributed by atoms with E-state index < -0.39 is 18.3 Å². The van der Waals surface area contributed by atoms with E-state index in [0.717, 1.165) is 5.39 Å². The largest absolute Gasteiger partial charge is 0.416 e. The molecule has 0 unspecified atom stereocenters. The molecule has 1 saturated heterocycles. The molecule has 0 saturated carbocycles. The van der Waals surface area contributed by atoms with Gasteiger partial charge in [0, 0.05) is 23.3 Å². The van der Waals surface area contributed by atoms with E-state index in [1.54, 1.807) is 29.2 Å². The highest BCUT2D eigenvalue weighted by Crippen LogP contribution is 2.37. The van der Waals surface area contributed by atoms with Gasteiger partial charge in [0.1, 0.15) is 11.8 Å². The molecule has 2 heterocycles. The monoisotopic (exact) mass is 335 g/mol. The van der Waals surface area contributed by atoms with Gasteiger partial charge in [0.15, 0.2) is 6.10 Å². The summed E-state index contributed by atoms with van der Waals surface area (Å²) in [7, 11) is 0. The van der Waals surface area contributed by atoms with Crippen molar-refractivity contribution in [2.45, 2.75) is 44.1 Å². The number of aliphatic hydroxyl groups excluding tert-OH is 1. The first-order valence-corrected chi connectivity index (χ1v) is 7.65. The lowest BCUT2D eigenvalue weighted by Crippen LogP contribution is -2.48. The zero-order valence-electron chi connectivity index (χ0n) is 13.0. The van der Waals surface area contributed by atoms with Crippen molar-refractivity contribution < 1.29 is 18.3 Å². The molecule has 3 atom stereocenters. The second-order valence-electron chi connectivity index (χ2n) is 6.06. The molecule has 4 nitrogen and oxygen atoms in total. The van der Waals surface area contributed by atoms with Crippen LogP contribution in [0.1, 0.15) is 25.5 Å². The van der Waals surface area contributed by atoms with Gasteiger partial charge in [0.25, 0.3) is 0 Å². The van der Waals surface area contributed by atoms with E-state index in [1.165, 1.54) is 6.20 Å². The maximum atomic E-state index is 12.9. The summed E-state index contributed by atoms with van der Waals surface area (Å²) < 4.78 is 38.8. The third-order valence-electron chi connectivity index (χ3n) is 4.56. The number of pyridine rings is 1. The summed E-state index contributed by atoms with van der Waals surface area (Å²) in [5.74, 6) is 0. The van der Waals surface area contributed by atoms with Gasteiger partial charge >= 0.3 is 6.18 Å². The molecule has 0 bridgehead atoms. The van der Waals surface area contributed by atoms with E-state index in [-0.39, 0.29) is 18.2 Å². The van der Waals surface area contributed by atoms with Gasteiger partial charge in [-0.3, -0.25) is 0 Å². The Kier molecular flexibility index (Phi) is 4.10. The lowest BCUT2D eigenvalue weighted by Gasteiger charge is -2.34. The molecule has 1 N–H and O–H groups in total. The van der Waals surface area contributed by atoms with Crippen LogP contribution in [0, 0.1) is 11.3 Å². The quantitative estimate of drug-likeness (QED) is 0.914. The van der Waals surface area contributed by atoms with Gasteiger partial charge in [-0.15, -0.1) is 0 Å². The Hall–Kier alpha value is -2.33. The Labute approximate surface area is 137 Å². The number of hydrogen-bond donors (Lipinski definition) is 1. The summed E-state index contributed by atoms with van der Waals surface area (Å²) in [6, 6.07) is 7.73. The molecule has 0 amide bonds. The number of hydrogen-bond acceptors (Lipinski definition) is 4. The molecule has 3 rings (SSSR count). The number of fused-ring (bicyclic) bond motifs is 1. The summed E-state index contributed by atoms with van der Waals surface area (Å²) in [4.78, 5) is 5.61. The van der Waals surface area contributed by atoms with Crippen LogP contribution in [0.5, 0.6) is 0 Å². The average Bonchev–Trinajstić information content (AvgIpc) is 2.93. The smallest absolute Gasteiger partial charge is 0.382 e. The van der Waals surface area contributed by atoms with Crippen LogP contribution in [0.15, 0.2) is 30.5 Å². The zero-order chi connectivity index (χ0) is 17.5. The van der Waals surface area contributed by atoms with Crippen molar-refractivity contribution in [3.8, 4) is 6.07 Å². The fraction of sp³-hybridized carbons (Fsp3) is 0.412. The molecule has 0 spiro atoms. The van der Waals surface area contributed by atoms with Gasteiger partial charge < -0.3 is 10.0 Å². The van der Waals surface area contributed by atoms with Crippen LogP contribution < -0.4 is 4.90 Å². The van der Waals surface area contributed by atoms with Crippen LogP contribution in [0.2, 0.25) is 0 Å². The number of alkyl halides is 3. The Morgan fingerprint density at radius 1 is 1.33 bits per heavy atom. The molecular weight excluding hydrogens is 319 g/mol. The van der Waals surface area contributed by atoms with Crippen LogP contribution in [0.25, 0.3) is 10.8 Å². The van der Waals surface area contributed by atoms with Crippen LogP contribution >= 0.6 is 0 Å². The van der Waals surface area contributed by atoms with E-state index in [0.29, 0.717) is 17.5 Å². The van der Waals surface area contributed by atoms with E-state index in [1.807, 2.05) is 13.0 Å². The molecule has 24 heavy (non-hydrogen) atoms. The lowest BCUT2D eigenvalue weighted by atomic mass is 10.1. The van der Waals surface area contributed by atoms with Crippen molar-refractivity contribution in [2.24, 2.45) is 0 Å². The molecule has 1 fully saturated rings. The van der Waals surface area contributed by atoms with Gasteiger partial charge in [-0.05, 0) is 49.4 Å². The van der Waals surface area contributed by atoms with Crippen molar-refractivity contribution >= 4 is 16.5 Å². The van der Waals surface area contributed by atoms with Crippen molar-refractivity contribution in [1.82, 2.24) is 4.98 Å². The minimum Gasteiger partial charge on any atom is -0.382 e. The molecule has 0 radical (unpaired) electrons. The fourth-order valence-corrected chi connectivity index (χ4v) is 3.41. The highest BCUT2D eigenvalue weighted by atomic mass is 19.4. The van der Waals surface area contributed by atoms with Crippen LogP contribution in [-0.4, -0.2) is 34.5 Å². The molecule has 1 aliphatic rings. The third kappa shape index (κ3) is 2.78. The highest BCUT2D eigenvalue weighted by molar-refractivity contribution is 5.89. The van der Waals surface area contributed by atoms with Gasteiger partial charge in [0.05, 0.1) is 6.04 Å². The first-order chi connectivity index (χ1) is 11.3. The summed E-state index contributed by atoms with van der Waals surface area (Å²) in [5.41, 5.74) is 0.885. The van der Waals surface area contributed by atoms with Crippen molar-refractivity contribution in [3.05, 3.63) is 36.2 Å². The number of nitriles is 1. The van der Waals surface area contributed by atoms with Gasteiger partial charge in [-0.2, -0.15) is 18.4 Å². The number of rotatable bonds is 2. The molecule has 0 aliphatic carbocycles. The van der Waals surface area contributed by atoms with Crippen molar-refractivity contribution in [3.63, 3.8) is 0 Å². The van der Waals surface area contributed by atoms with Crippen LogP contribution in [-0.2, 0) is 0 Å². The fourth-order valence-electron chi connectivity index (χ4n) is 3.41. The van der Waals surface area contributed by atoms with E-state index >= 15 is 0 Å². The maximum Gasteiger partial charge on any atom is 0.416 e. The minimum absolute atomic E-state index is 0.110. The highest BCUT2D eigenvalue weighted by Gasteiger charge is 2.48. The molecule has 1 aliphatic heterocycles. The summed E-state index contributed by atoms with van der Waals surface area (Å²) in [6.45, 7) is 1.85. The Morgan fingerprint density at radius 2 is 2.08 bits per heavy atom. The predicted molar refractivity (Wildman–Crippen MR) is 83.5 cm³/mol. The molecule has 126 valence electrons. The summed E-state index contributed by atoms with van der Waals surface area (Å²) in [5, 5.41) is 20.2. The van der Waals surface area contributed by atoms with Gasteiger partial charge in [-0.1, -0.05) is 0 Å². The Morgan fingerprint density at radius 3 is 2.75 bits per heavy atom. The maximum absolute atomic E-state index is 12.9. The van der Waals surface area contributed by atoms with Crippen LogP contribution in [0.3, 0.4) is 0 Å². The first kappa shape index (κ1) is 16.5. The average molecular weight is 335 g/mol. The number of aromatic nitrogens is 1. The predicted octanol–water partition coefficient (Wildman–Crippen LogP) is 3.39. The third-order valence-corrected chi connectivity index (χ3v) is 4.56. The molecule has 1 aromatic carbocycles. The number of benzene rings is 1. The molecule has 2 aromatic rings. The number of nitrogens with zero attached hydrogens (tertiary/aromatic N) is 3. The number of halogens is 3. The summed E-state index contributed by atoms with van der Waals surface area (Å²) in [6.07, 6.45) is -4.68. The number of aliphatic hydroxyl groups is 1. The van der Waals surface area contributed by atoms with Crippen molar-refractivity contribution in [2.75, 3.05) is 4.90 Å². The first-order valence-electron chi connectivity index (χ1n) is 7.65. The van der Waals surface area contributed by atoms with E-state index in [4.69, 9.17) is 5.26 Å². The Bertz CT molecular complexity index is 800. The van der Waals surface area contributed by atoms with E-state index in [9.17, 15) is 18.3 Å². The Balaban J connectivity index is 2.03. The summed E-state index contributed by atoms with van der Waals surface area (Å²) >= 11 is 0. The number of anilines is 1. The van der Waals surface area contributed by atoms with Crippen LogP contribution in [0.4, 0.5) is 18.9 Å². The molecule has 7 heteroatoms. The second kappa shape index (κ2) is 5.95. The van der Waals surface area contributed by atoms with Gasteiger partial charge in [0.2, 0.25) is 0 Å². The molecular formula is C17H16F3N3O. The topological polar surface area (TPSA) is 60.1 Å². The lowest BCUT2D eigenvalue weighted by molar-refractivity contribution is -0.209. The SMILES string of the molecule is C[C@H]1CC[C@@H]([C@@H](O)C(F)(F)F)N1c1ccc2c(C#N)nccc2c1. The van der Waals surface area contributed by atoms with E-state index in [2.05, 4.69) is 4.98 Å². The van der Waals surface area contributed by atoms with Crippen molar-refractivity contribution in [1.29, 1.82) is 5.26 Å². The minimum atomic E-state index is -4.65. The molecule has 1 aromatic heterocycles. The van der Waals surface area contributed by atoms with Gasteiger partial charge in [-0.25, -0.2) is 4.98 Å². The zero-order valence-corrected chi connectivity index (χ0v) is 13.0. The standard InChI is InChI=1S/C17H16F3N3O/c1-10-2-5-15(16(24)17(18,19)20)23(10)12-3-4-13-11(8-12)6-7-22-14(13)9-21/h3-4,6-8,10,15-16,24H,2,5H2,1H3/t10-,15-,16+/m0/s1. The second-order valence-corrected chi connectivity index (χ2v) is 6.06. The normalized spacial score (nSPS) is 22.6.